The van der Waals surface area contributed by atoms with Crippen molar-refractivity contribution in [3.63, 3.8) is 0 Å². The van der Waals surface area contributed by atoms with Crippen LogP contribution in [0.2, 0.25) is 0 Å². The maximum Gasteiger partial charge on any atom is 0.458 e. The molecule has 0 aromatic heterocycles. The predicted octanol–water partition coefficient (Wildman–Crippen LogP) is 6.12. The standard InChI is InChI=1S/C14H11F10O/c1-6(2)10(25)8-4-3-7(11(15,16)13(19,20)21)5-9(8)12(17,18)14(22,23)24/h3-6,10H,1-2H3. The van der Waals surface area contributed by atoms with E-state index in [1.54, 1.807) is 0 Å². The number of rotatable bonds is 4. The van der Waals surface area contributed by atoms with Crippen molar-refractivity contribution in [3.05, 3.63) is 34.9 Å². The van der Waals surface area contributed by atoms with Crippen molar-refractivity contribution in [2.75, 3.05) is 0 Å². The highest BCUT2D eigenvalue weighted by Gasteiger charge is 2.62. The fourth-order valence-corrected chi connectivity index (χ4v) is 1.95. The molecule has 1 rings (SSSR count). The summed E-state index contributed by atoms with van der Waals surface area (Å²) in [5, 5.41) is 11.9. The van der Waals surface area contributed by atoms with Crippen molar-refractivity contribution < 1.29 is 49.0 Å². The number of benzene rings is 1. The Morgan fingerprint density at radius 3 is 1.56 bits per heavy atom. The van der Waals surface area contributed by atoms with Gasteiger partial charge in [-0.2, -0.15) is 43.9 Å². The molecule has 1 radical (unpaired) electrons. The smallest absolute Gasteiger partial charge is 0.228 e. The minimum atomic E-state index is -6.29. The summed E-state index contributed by atoms with van der Waals surface area (Å²) < 4.78 is 129. The van der Waals surface area contributed by atoms with Crippen molar-refractivity contribution in [1.82, 2.24) is 0 Å². The summed E-state index contributed by atoms with van der Waals surface area (Å²) in [7, 11) is 0. The molecule has 0 fully saturated rings. The third kappa shape index (κ3) is 3.85. The molecule has 0 aliphatic carbocycles. The SMILES string of the molecule is CC(C)C([O])c1ccc(C(F)(F)C(F)(F)F)cc1C(F)(F)C(F)(F)F. The molecule has 25 heavy (non-hydrogen) atoms. The van der Waals surface area contributed by atoms with E-state index < -0.39 is 59.0 Å². The third-order valence-electron chi connectivity index (χ3n) is 3.38. The van der Waals surface area contributed by atoms with E-state index in [1.807, 2.05) is 0 Å². The highest BCUT2D eigenvalue weighted by molar-refractivity contribution is 5.39. The number of hydrogen-bond acceptors (Lipinski definition) is 0. The van der Waals surface area contributed by atoms with Gasteiger partial charge >= 0.3 is 24.2 Å². The van der Waals surface area contributed by atoms with Crippen LogP contribution in [0.25, 0.3) is 0 Å². The van der Waals surface area contributed by atoms with Gasteiger partial charge in [0.1, 0.15) is 6.10 Å². The second kappa shape index (κ2) is 6.33. The zero-order valence-electron chi connectivity index (χ0n) is 12.6. The van der Waals surface area contributed by atoms with Crippen molar-refractivity contribution in [2.24, 2.45) is 5.92 Å². The highest BCUT2D eigenvalue weighted by atomic mass is 19.4. The summed E-state index contributed by atoms with van der Waals surface area (Å²) in [5.74, 6) is -12.5. The van der Waals surface area contributed by atoms with Gasteiger partial charge in [0.15, 0.2) is 0 Å². The normalized spacial score (nSPS) is 15.6. The Balaban J connectivity index is 3.72. The Morgan fingerprint density at radius 2 is 1.20 bits per heavy atom. The van der Waals surface area contributed by atoms with Crippen LogP contribution in [0.5, 0.6) is 0 Å². The first-order chi connectivity index (χ1) is 10.9. The van der Waals surface area contributed by atoms with Crippen LogP contribution in [0, 0.1) is 5.92 Å². The molecule has 1 nitrogen and oxygen atoms in total. The van der Waals surface area contributed by atoms with Crippen molar-refractivity contribution >= 4 is 0 Å². The highest BCUT2D eigenvalue weighted by Crippen LogP contribution is 2.50. The minimum Gasteiger partial charge on any atom is -0.228 e. The largest absolute Gasteiger partial charge is 0.458 e. The number of alkyl halides is 10. The second-order valence-corrected chi connectivity index (χ2v) is 5.61. The molecule has 0 N–H and O–H groups in total. The molecule has 0 aliphatic heterocycles. The van der Waals surface area contributed by atoms with E-state index in [4.69, 9.17) is 0 Å². The molecule has 1 atom stereocenters. The van der Waals surface area contributed by atoms with E-state index >= 15 is 0 Å². The molecule has 1 aromatic carbocycles. The van der Waals surface area contributed by atoms with Gasteiger partial charge in [0, 0.05) is 11.1 Å². The lowest BCUT2D eigenvalue weighted by molar-refractivity contribution is -0.292. The Morgan fingerprint density at radius 1 is 0.760 bits per heavy atom. The minimum absolute atomic E-state index is 0.0199. The van der Waals surface area contributed by atoms with E-state index in [1.165, 1.54) is 13.8 Å². The van der Waals surface area contributed by atoms with Gasteiger partial charge in [-0.3, -0.25) is 0 Å². The second-order valence-electron chi connectivity index (χ2n) is 5.61. The first-order valence-electron chi connectivity index (χ1n) is 6.64. The molecule has 1 aromatic rings. The van der Waals surface area contributed by atoms with Crippen LogP contribution in [0.3, 0.4) is 0 Å². The lowest BCUT2D eigenvalue weighted by atomic mass is 9.89. The van der Waals surface area contributed by atoms with Crippen LogP contribution < -0.4 is 0 Å². The molecular formula is C14H11F10O. The van der Waals surface area contributed by atoms with Crippen molar-refractivity contribution in [3.8, 4) is 0 Å². The molecule has 0 saturated carbocycles. The van der Waals surface area contributed by atoms with Crippen LogP contribution in [-0.4, -0.2) is 12.4 Å². The lowest BCUT2D eigenvalue weighted by Crippen LogP contribution is -2.37. The summed E-state index contributed by atoms with van der Waals surface area (Å²) in [6.07, 6.45) is -14.7. The van der Waals surface area contributed by atoms with E-state index in [0.29, 0.717) is 0 Å². The van der Waals surface area contributed by atoms with Gasteiger partial charge in [-0.1, -0.05) is 26.0 Å². The van der Waals surface area contributed by atoms with Crippen molar-refractivity contribution in [2.45, 2.75) is 44.1 Å². The Hall–Kier alpha value is -1.52. The van der Waals surface area contributed by atoms with Gasteiger partial charge in [-0.25, -0.2) is 5.11 Å². The molecule has 0 bridgehead atoms. The van der Waals surface area contributed by atoms with Gasteiger partial charge < -0.3 is 0 Å². The summed E-state index contributed by atoms with van der Waals surface area (Å²) in [6.45, 7) is 2.34. The Kier molecular flexibility index (Phi) is 5.45. The molecule has 0 heterocycles. The fraction of sp³-hybridized carbons (Fsp3) is 0.571. The Bertz CT molecular complexity index is 615. The van der Waals surface area contributed by atoms with E-state index in [-0.39, 0.29) is 12.1 Å². The van der Waals surface area contributed by atoms with Gasteiger partial charge in [0.2, 0.25) is 0 Å². The number of halogens is 10. The van der Waals surface area contributed by atoms with Crippen LogP contribution in [0.4, 0.5) is 43.9 Å². The fourth-order valence-electron chi connectivity index (χ4n) is 1.95. The summed E-state index contributed by atoms with van der Waals surface area (Å²) in [5.41, 5.74) is -5.52. The van der Waals surface area contributed by atoms with Crippen LogP contribution in [0.15, 0.2) is 18.2 Å². The monoisotopic (exact) mass is 385 g/mol. The lowest BCUT2D eigenvalue weighted by Gasteiger charge is -2.27. The summed E-state index contributed by atoms with van der Waals surface area (Å²) >= 11 is 0. The molecule has 0 aliphatic rings. The van der Waals surface area contributed by atoms with Gasteiger partial charge in [-0.05, 0) is 17.5 Å². The maximum absolute atomic E-state index is 13.6. The van der Waals surface area contributed by atoms with E-state index in [0.717, 1.165) is 0 Å². The Labute approximate surface area is 135 Å². The van der Waals surface area contributed by atoms with E-state index in [9.17, 15) is 49.0 Å². The summed E-state index contributed by atoms with van der Waals surface area (Å²) in [4.78, 5) is 0. The van der Waals surface area contributed by atoms with Gasteiger partial charge in [-0.15, -0.1) is 0 Å². The average molecular weight is 385 g/mol. The van der Waals surface area contributed by atoms with Crippen LogP contribution in [-0.2, 0) is 17.0 Å². The van der Waals surface area contributed by atoms with Crippen LogP contribution >= 0.6 is 0 Å². The predicted molar refractivity (Wildman–Crippen MR) is 64.6 cm³/mol. The van der Waals surface area contributed by atoms with Gasteiger partial charge in [0.25, 0.3) is 0 Å². The van der Waals surface area contributed by atoms with Crippen LogP contribution in [0.1, 0.15) is 36.6 Å². The average Bonchev–Trinajstić information content (AvgIpc) is 2.43. The molecule has 1 unspecified atom stereocenters. The maximum atomic E-state index is 13.6. The number of hydrogen-bond donors (Lipinski definition) is 0. The topological polar surface area (TPSA) is 19.9 Å². The van der Waals surface area contributed by atoms with Crippen molar-refractivity contribution in [1.29, 1.82) is 0 Å². The molecule has 0 spiro atoms. The zero-order valence-corrected chi connectivity index (χ0v) is 12.6. The zero-order chi connectivity index (χ0) is 20.0. The molecule has 0 saturated heterocycles. The third-order valence-corrected chi connectivity index (χ3v) is 3.38. The molecule has 143 valence electrons. The quantitative estimate of drug-likeness (QED) is 0.557. The first-order valence-corrected chi connectivity index (χ1v) is 6.64. The molecule has 0 amide bonds. The first kappa shape index (κ1) is 21.5. The van der Waals surface area contributed by atoms with E-state index in [2.05, 4.69) is 0 Å². The molecule has 11 heteroatoms. The summed E-state index contributed by atoms with van der Waals surface area (Å²) in [6, 6.07) is -0.433. The van der Waals surface area contributed by atoms with Gasteiger partial charge in [0.05, 0.1) is 0 Å². The molecular weight excluding hydrogens is 374 g/mol.